The van der Waals surface area contributed by atoms with Crippen LogP contribution in [-0.2, 0) is 12.0 Å². The Kier molecular flexibility index (Phi) is 3.95. The minimum atomic E-state index is 0.0428. The van der Waals surface area contributed by atoms with E-state index in [-0.39, 0.29) is 5.41 Å². The molecule has 0 amide bonds. The number of aromatic nitrogens is 3. The molecule has 1 fully saturated rings. The minimum Gasteiger partial charge on any atom is -0.496 e. The second-order valence-corrected chi connectivity index (χ2v) is 8.59. The number of imidazole rings is 1. The van der Waals surface area contributed by atoms with Crippen LogP contribution in [-0.4, -0.2) is 27.7 Å². The number of anilines is 1. The van der Waals surface area contributed by atoms with Gasteiger partial charge in [-0.25, -0.2) is 9.50 Å². The van der Waals surface area contributed by atoms with E-state index in [1.54, 1.807) is 18.4 Å². The number of fused-ring (bicyclic) bond motifs is 1. The Balaban J connectivity index is 1.65. The Bertz CT molecular complexity index is 857. The zero-order chi connectivity index (χ0) is 17.6. The normalized spacial score (nSPS) is 14.9. The summed E-state index contributed by atoms with van der Waals surface area (Å²) in [6.45, 7) is 7.35. The number of para-hydroxylation sites is 1. The maximum atomic E-state index is 5.52. The molecule has 0 saturated heterocycles. The Hall–Kier alpha value is -2.08. The first-order chi connectivity index (χ1) is 12.0. The molecule has 0 radical (unpaired) electrons. The zero-order valence-electron chi connectivity index (χ0n) is 15.2. The van der Waals surface area contributed by atoms with Crippen molar-refractivity contribution in [1.82, 2.24) is 14.6 Å². The molecule has 2 heterocycles. The van der Waals surface area contributed by atoms with Gasteiger partial charge in [0.05, 0.1) is 19.0 Å². The Morgan fingerprint density at radius 1 is 1.28 bits per heavy atom. The van der Waals surface area contributed by atoms with E-state index in [4.69, 9.17) is 14.8 Å². The summed E-state index contributed by atoms with van der Waals surface area (Å²) in [6.07, 6.45) is 4.51. The number of rotatable bonds is 5. The first-order valence-corrected chi connectivity index (χ1v) is 9.52. The van der Waals surface area contributed by atoms with E-state index in [9.17, 15) is 0 Å². The number of nitrogens with zero attached hydrogens (tertiary/aromatic N) is 4. The lowest BCUT2D eigenvalue weighted by Crippen LogP contribution is -2.25. The van der Waals surface area contributed by atoms with Gasteiger partial charge in [-0.15, -0.1) is 5.10 Å². The molecule has 0 aliphatic heterocycles. The van der Waals surface area contributed by atoms with Crippen molar-refractivity contribution in [2.45, 2.75) is 51.6 Å². The van der Waals surface area contributed by atoms with E-state index in [0.29, 0.717) is 6.04 Å². The van der Waals surface area contributed by atoms with Crippen LogP contribution in [0.15, 0.2) is 30.5 Å². The van der Waals surface area contributed by atoms with E-state index in [0.717, 1.165) is 28.1 Å². The lowest BCUT2D eigenvalue weighted by atomic mass is 9.93. The molecule has 0 atom stereocenters. The summed E-state index contributed by atoms with van der Waals surface area (Å²) < 4.78 is 7.45. The summed E-state index contributed by atoms with van der Waals surface area (Å²) in [5.41, 5.74) is 2.32. The van der Waals surface area contributed by atoms with Crippen LogP contribution in [0.1, 0.15) is 44.9 Å². The van der Waals surface area contributed by atoms with E-state index in [2.05, 4.69) is 44.0 Å². The summed E-state index contributed by atoms with van der Waals surface area (Å²) in [6, 6.07) is 8.79. The average Bonchev–Trinajstić information content (AvgIpc) is 3.20. The molecule has 1 saturated carbocycles. The van der Waals surface area contributed by atoms with E-state index in [1.165, 1.54) is 18.4 Å². The number of methoxy groups -OCH3 is 1. The second kappa shape index (κ2) is 6.02. The van der Waals surface area contributed by atoms with Crippen LogP contribution < -0.4 is 9.64 Å². The van der Waals surface area contributed by atoms with Gasteiger partial charge in [0.2, 0.25) is 10.1 Å². The summed E-state index contributed by atoms with van der Waals surface area (Å²) >= 11 is 1.67. The molecule has 1 aliphatic carbocycles. The second-order valence-electron chi connectivity index (χ2n) is 7.66. The maximum absolute atomic E-state index is 5.52. The standard InChI is InChI=1S/C19H24N4OS/c1-19(2,3)16-12-23-17(20-16)25-18(21-23)22(14-9-10-14)11-13-7-5-6-8-15(13)24-4/h5-8,12,14H,9-11H2,1-4H3. The maximum Gasteiger partial charge on any atom is 0.214 e. The molecule has 4 rings (SSSR count). The van der Waals surface area contributed by atoms with Gasteiger partial charge in [0, 0.05) is 23.6 Å². The van der Waals surface area contributed by atoms with Crippen LogP contribution in [0, 0.1) is 0 Å². The molecule has 1 aromatic carbocycles. The molecule has 132 valence electrons. The van der Waals surface area contributed by atoms with Gasteiger partial charge in [-0.3, -0.25) is 0 Å². The Morgan fingerprint density at radius 2 is 2.04 bits per heavy atom. The highest BCUT2D eigenvalue weighted by molar-refractivity contribution is 7.20. The molecule has 2 aromatic heterocycles. The van der Waals surface area contributed by atoms with Crippen molar-refractivity contribution < 1.29 is 4.74 Å². The third kappa shape index (κ3) is 3.23. The highest BCUT2D eigenvalue weighted by Crippen LogP contribution is 2.37. The largest absolute Gasteiger partial charge is 0.496 e. The fraction of sp³-hybridized carbons (Fsp3) is 0.474. The quantitative estimate of drug-likeness (QED) is 0.685. The van der Waals surface area contributed by atoms with Crippen LogP contribution >= 0.6 is 11.3 Å². The fourth-order valence-electron chi connectivity index (χ4n) is 2.92. The predicted molar refractivity (Wildman–Crippen MR) is 102 cm³/mol. The SMILES string of the molecule is COc1ccccc1CN(c1nn2cc(C(C)(C)C)nc2s1)C1CC1. The van der Waals surface area contributed by atoms with Gasteiger partial charge in [0.15, 0.2) is 0 Å². The van der Waals surface area contributed by atoms with Gasteiger partial charge in [0.25, 0.3) is 0 Å². The van der Waals surface area contributed by atoms with Crippen molar-refractivity contribution in [2.24, 2.45) is 0 Å². The molecule has 0 spiro atoms. The molecular formula is C19H24N4OS. The van der Waals surface area contributed by atoms with Crippen LogP contribution in [0.4, 0.5) is 5.13 Å². The van der Waals surface area contributed by atoms with Gasteiger partial charge in [-0.1, -0.05) is 50.3 Å². The van der Waals surface area contributed by atoms with Gasteiger partial charge < -0.3 is 9.64 Å². The monoisotopic (exact) mass is 356 g/mol. The smallest absolute Gasteiger partial charge is 0.214 e. The van der Waals surface area contributed by atoms with Crippen molar-refractivity contribution in [2.75, 3.05) is 12.0 Å². The van der Waals surface area contributed by atoms with Gasteiger partial charge >= 0.3 is 0 Å². The molecule has 0 unspecified atom stereocenters. The molecule has 25 heavy (non-hydrogen) atoms. The lowest BCUT2D eigenvalue weighted by molar-refractivity contribution is 0.409. The topological polar surface area (TPSA) is 42.7 Å². The number of hydrogen-bond donors (Lipinski definition) is 0. The lowest BCUT2D eigenvalue weighted by Gasteiger charge is -2.22. The van der Waals surface area contributed by atoms with Crippen LogP contribution in [0.5, 0.6) is 5.75 Å². The molecule has 5 nitrogen and oxygen atoms in total. The number of benzene rings is 1. The highest BCUT2D eigenvalue weighted by Gasteiger charge is 2.32. The molecule has 1 aliphatic rings. The van der Waals surface area contributed by atoms with E-state index < -0.39 is 0 Å². The Morgan fingerprint density at radius 3 is 2.68 bits per heavy atom. The zero-order valence-corrected chi connectivity index (χ0v) is 16.0. The van der Waals surface area contributed by atoms with E-state index >= 15 is 0 Å². The highest BCUT2D eigenvalue weighted by atomic mass is 32.1. The molecule has 0 bridgehead atoms. The van der Waals surface area contributed by atoms with Crippen LogP contribution in [0.3, 0.4) is 0 Å². The number of ether oxygens (including phenoxy) is 1. The van der Waals surface area contributed by atoms with Crippen molar-refractivity contribution in [3.8, 4) is 5.75 Å². The van der Waals surface area contributed by atoms with Crippen molar-refractivity contribution in [3.05, 3.63) is 41.7 Å². The third-order valence-electron chi connectivity index (χ3n) is 4.57. The van der Waals surface area contributed by atoms with E-state index in [1.807, 2.05) is 16.6 Å². The summed E-state index contributed by atoms with van der Waals surface area (Å²) in [5, 5.41) is 5.86. The van der Waals surface area contributed by atoms with Gasteiger partial charge in [-0.2, -0.15) is 0 Å². The first kappa shape index (κ1) is 16.4. The summed E-state index contributed by atoms with van der Waals surface area (Å²) in [7, 11) is 1.73. The molecule has 6 heteroatoms. The molecular weight excluding hydrogens is 332 g/mol. The summed E-state index contributed by atoms with van der Waals surface area (Å²) in [5.74, 6) is 0.935. The van der Waals surface area contributed by atoms with Crippen molar-refractivity contribution >= 4 is 21.4 Å². The number of hydrogen-bond acceptors (Lipinski definition) is 5. The fourth-order valence-corrected chi connectivity index (χ4v) is 3.88. The van der Waals surface area contributed by atoms with Gasteiger partial charge in [-0.05, 0) is 18.9 Å². The minimum absolute atomic E-state index is 0.0428. The Labute approximate surface area is 152 Å². The van der Waals surface area contributed by atoms with Crippen molar-refractivity contribution in [3.63, 3.8) is 0 Å². The van der Waals surface area contributed by atoms with Gasteiger partial charge in [0.1, 0.15) is 5.75 Å². The third-order valence-corrected chi connectivity index (χ3v) is 5.53. The summed E-state index contributed by atoms with van der Waals surface area (Å²) in [4.78, 5) is 8.14. The van der Waals surface area contributed by atoms with Crippen molar-refractivity contribution in [1.29, 1.82) is 0 Å². The first-order valence-electron chi connectivity index (χ1n) is 8.71. The average molecular weight is 356 g/mol. The van der Waals surface area contributed by atoms with Crippen LogP contribution in [0.2, 0.25) is 0 Å². The molecule has 0 N–H and O–H groups in total. The van der Waals surface area contributed by atoms with Crippen LogP contribution in [0.25, 0.3) is 4.96 Å². The predicted octanol–water partition coefficient (Wildman–Crippen LogP) is 4.27. The molecule has 3 aromatic rings.